The van der Waals surface area contributed by atoms with Crippen LogP contribution >= 0.6 is 0 Å². The molecule has 1 aromatic carbocycles. The molecule has 5 aliphatic carbocycles. The van der Waals surface area contributed by atoms with Gasteiger partial charge in [0.1, 0.15) is 11.2 Å². The quantitative estimate of drug-likeness (QED) is 0.209. The van der Waals surface area contributed by atoms with Crippen LogP contribution in [0, 0.1) is 40.4 Å². The number of nitrogens with zero attached hydrogens (tertiary/aromatic N) is 1. The molecule has 1 aliphatic heterocycles. The van der Waals surface area contributed by atoms with E-state index >= 15 is 0 Å². The highest BCUT2D eigenvalue weighted by molar-refractivity contribution is 6.02. The van der Waals surface area contributed by atoms with E-state index in [1.165, 1.54) is 0 Å². The summed E-state index contributed by atoms with van der Waals surface area (Å²) in [6.45, 7) is 4.68. The van der Waals surface area contributed by atoms with Gasteiger partial charge in [-0.1, -0.05) is 26.0 Å². The summed E-state index contributed by atoms with van der Waals surface area (Å²) < 4.78 is 24.8. The molecule has 49 heavy (non-hydrogen) atoms. The molecule has 1 spiro atoms. The Hall–Kier alpha value is -2.65. The highest BCUT2D eigenvalue weighted by atomic mass is 16.5. The lowest BCUT2D eigenvalue weighted by atomic mass is 9.42. The predicted octanol–water partition coefficient (Wildman–Crippen LogP) is 0.932. The molecular weight excluding hydrogens is 634 g/mol. The van der Waals surface area contributed by atoms with Gasteiger partial charge in [0.05, 0.1) is 48.3 Å². The molecule has 1 heterocycles. The van der Waals surface area contributed by atoms with Crippen molar-refractivity contribution in [2.45, 2.75) is 87.6 Å². The van der Waals surface area contributed by atoms with Crippen molar-refractivity contribution < 1.29 is 48.7 Å². The third-order valence-corrected chi connectivity index (χ3v) is 14.0. The van der Waals surface area contributed by atoms with Crippen LogP contribution in [0.25, 0.3) is 0 Å². The number of benzene rings is 1. The van der Waals surface area contributed by atoms with E-state index in [4.69, 9.17) is 24.7 Å². The number of nitrogens with one attached hydrogen (secondary N) is 1. The van der Waals surface area contributed by atoms with Crippen molar-refractivity contribution in [1.29, 1.82) is 0 Å². The molecule has 0 radical (unpaired) electrons. The number of fused-ring (bicyclic) bond motifs is 2. The van der Waals surface area contributed by atoms with Gasteiger partial charge < -0.3 is 45.3 Å². The fraction of sp³-hybridized carbons (Fsp3) is 0.750. The minimum atomic E-state index is -1.78. The number of anilines is 1. The topological polar surface area (TPSA) is 190 Å². The number of para-hydroxylation sites is 1. The maximum absolute atomic E-state index is 13.9. The van der Waals surface area contributed by atoms with Crippen LogP contribution in [0.15, 0.2) is 24.3 Å². The zero-order valence-corrected chi connectivity index (χ0v) is 29.0. The number of carbonyl (C=O) groups excluding carboxylic acids is 3. The number of hydrogen-bond acceptors (Lipinski definition) is 11. The van der Waals surface area contributed by atoms with E-state index in [1.54, 1.807) is 52.5 Å². The average molecular weight is 686 g/mol. The number of piperidine rings is 1. The standard InChI is InChI=1S/C36H51N3O10/c1-6-39-16-33(17-49-31(43)19-9-7-8-10-22(19)38-25(40)13-18(2)30(37)42)12-11-24(47-4)35-21-14-20-23(46-3)15-34(44,26(21)27(20)41)36(45,32(35)39)29(48-5)28(33)35/h7-10,18,20-21,23-24,26-29,32,41,44-45H,6,11-17H2,1-5H3,(H2,37,42)(H,38,40). The van der Waals surface area contributed by atoms with E-state index in [2.05, 4.69) is 10.2 Å². The number of nitrogens with two attached hydrogens (primary N) is 1. The van der Waals surface area contributed by atoms with E-state index in [-0.39, 0.29) is 54.6 Å². The fourth-order valence-corrected chi connectivity index (χ4v) is 12.3. The van der Waals surface area contributed by atoms with Gasteiger partial charge in [0.25, 0.3) is 0 Å². The van der Waals surface area contributed by atoms with E-state index in [9.17, 15) is 29.7 Å². The molecule has 2 amide bonds. The van der Waals surface area contributed by atoms with Gasteiger partial charge in [-0.3, -0.25) is 14.5 Å². The molecule has 14 atom stereocenters. The second-order valence-electron chi connectivity index (χ2n) is 15.7. The molecule has 270 valence electrons. The average Bonchev–Trinajstić information content (AvgIpc) is 3.44. The number of hydrogen-bond donors (Lipinski definition) is 5. The lowest BCUT2D eigenvalue weighted by Crippen LogP contribution is -2.82. The Bertz CT molecular complexity index is 1510. The molecule has 1 saturated heterocycles. The van der Waals surface area contributed by atoms with Crippen molar-refractivity contribution in [1.82, 2.24) is 4.90 Å². The third-order valence-electron chi connectivity index (χ3n) is 14.0. The Kier molecular flexibility index (Phi) is 8.49. The number of likely N-dealkylation sites (N-methyl/N-ethyl adjacent to an activating group) is 1. The van der Waals surface area contributed by atoms with Gasteiger partial charge in [-0.15, -0.1) is 0 Å². The lowest BCUT2D eigenvalue weighted by Gasteiger charge is -2.70. The molecule has 7 bridgehead atoms. The number of ether oxygens (including phenoxy) is 4. The number of rotatable bonds is 11. The Morgan fingerprint density at radius 3 is 2.51 bits per heavy atom. The first-order valence-electron chi connectivity index (χ1n) is 17.6. The number of aliphatic hydroxyl groups excluding tert-OH is 1. The second-order valence-corrected chi connectivity index (χ2v) is 15.7. The number of amides is 2. The Balaban J connectivity index is 1.27. The first-order chi connectivity index (χ1) is 23.3. The largest absolute Gasteiger partial charge is 0.461 e. The van der Waals surface area contributed by atoms with Crippen molar-refractivity contribution in [3.8, 4) is 0 Å². The molecule has 5 saturated carbocycles. The maximum atomic E-state index is 13.9. The molecule has 6 aliphatic rings. The predicted molar refractivity (Wildman–Crippen MR) is 175 cm³/mol. The number of aliphatic hydroxyl groups is 3. The van der Waals surface area contributed by atoms with E-state index in [0.717, 1.165) is 0 Å². The van der Waals surface area contributed by atoms with Crippen LogP contribution in [-0.4, -0.2) is 121 Å². The lowest BCUT2D eigenvalue weighted by molar-refractivity contribution is -0.318. The second kappa shape index (κ2) is 12.0. The SMILES string of the molecule is CCN1CC2(COC(=O)c3ccccc3NC(=O)CC(C)C(N)=O)CCC(OC)C34C5CC6C(OC)CC(O)(C5C6O)C(O)(C(OC)C23)C14. The monoisotopic (exact) mass is 685 g/mol. The molecule has 13 nitrogen and oxygen atoms in total. The van der Waals surface area contributed by atoms with Crippen LogP contribution in [0.4, 0.5) is 5.69 Å². The summed E-state index contributed by atoms with van der Waals surface area (Å²) in [5.41, 5.74) is 0.900. The molecular formula is C36H51N3O10. The summed E-state index contributed by atoms with van der Waals surface area (Å²) in [6, 6.07) is 6.04. The van der Waals surface area contributed by atoms with Crippen LogP contribution in [0.1, 0.15) is 56.3 Å². The van der Waals surface area contributed by atoms with Crippen molar-refractivity contribution in [3.05, 3.63) is 29.8 Å². The normalized spacial score (nSPS) is 45.1. The van der Waals surface area contributed by atoms with Gasteiger partial charge in [0, 0.05) is 75.2 Å². The number of likely N-dealkylation sites (tertiary alicyclic amines) is 1. The summed E-state index contributed by atoms with van der Waals surface area (Å²) in [5, 5.41) is 40.8. The Morgan fingerprint density at radius 2 is 1.86 bits per heavy atom. The first-order valence-corrected chi connectivity index (χ1v) is 17.6. The van der Waals surface area contributed by atoms with Gasteiger partial charge in [0.2, 0.25) is 11.8 Å². The van der Waals surface area contributed by atoms with Gasteiger partial charge >= 0.3 is 5.97 Å². The highest BCUT2D eigenvalue weighted by Gasteiger charge is 2.91. The van der Waals surface area contributed by atoms with Gasteiger partial charge in [-0.05, 0) is 43.9 Å². The summed E-state index contributed by atoms with van der Waals surface area (Å²) in [6.07, 6.45) is -0.509. The van der Waals surface area contributed by atoms with Crippen LogP contribution in [0.3, 0.4) is 0 Å². The highest BCUT2D eigenvalue weighted by Crippen LogP contribution is 2.80. The summed E-state index contributed by atoms with van der Waals surface area (Å²) in [5.74, 6) is -3.71. The molecule has 14 unspecified atom stereocenters. The Morgan fingerprint density at radius 1 is 1.12 bits per heavy atom. The van der Waals surface area contributed by atoms with Crippen LogP contribution in [0.2, 0.25) is 0 Å². The third kappa shape index (κ3) is 4.39. The molecule has 6 N–H and O–H groups in total. The van der Waals surface area contributed by atoms with Crippen molar-refractivity contribution in [3.63, 3.8) is 0 Å². The van der Waals surface area contributed by atoms with Crippen LogP contribution in [-0.2, 0) is 28.5 Å². The number of esters is 1. The number of methoxy groups -OCH3 is 3. The van der Waals surface area contributed by atoms with E-state index < -0.39 is 76.0 Å². The van der Waals surface area contributed by atoms with Gasteiger partial charge in [-0.25, -0.2) is 4.79 Å². The molecule has 0 aromatic heterocycles. The number of carbonyl (C=O) groups is 3. The molecule has 1 aromatic rings. The zero-order valence-electron chi connectivity index (χ0n) is 29.0. The van der Waals surface area contributed by atoms with Crippen molar-refractivity contribution >= 4 is 23.5 Å². The molecule has 7 rings (SSSR count). The molecule has 6 fully saturated rings. The first kappa shape index (κ1) is 34.8. The summed E-state index contributed by atoms with van der Waals surface area (Å²) >= 11 is 0. The van der Waals surface area contributed by atoms with Gasteiger partial charge in [-0.2, -0.15) is 0 Å². The van der Waals surface area contributed by atoms with Crippen LogP contribution in [0.5, 0.6) is 0 Å². The van der Waals surface area contributed by atoms with Crippen molar-refractivity contribution in [2.75, 3.05) is 46.3 Å². The van der Waals surface area contributed by atoms with Crippen molar-refractivity contribution in [2.24, 2.45) is 46.2 Å². The molecule has 13 heteroatoms. The summed E-state index contributed by atoms with van der Waals surface area (Å²) in [4.78, 5) is 40.4. The summed E-state index contributed by atoms with van der Waals surface area (Å²) in [7, 11) is 4.86. The van der Waals surface area contributed by atoms with E-state index in [0.29, 0.717) is 32.4 Å². The van der Waals surface area contributed by atoms with Gasteiger partial charge in [0.15, 0.2) is 0 Å². The fourth-order valence-electron chi connectivity index (χ4n) is 12.3. The maximum Gasteiger partial charge on any atom is 0.340 e. The Labute approximate surface area is 286 Å². The van der Waals surface area contributed by atoms with E-state index in [1.807, 2.05) is 6.92 Å². The van der Waals surface area contributed by atoms with Crippen LogP contribution < -0.4 is 11.1 Å². The smallest absolute Gasteiger partial charge is 0.340 e. The minimum absolute atomic E-state index is 0.0112. The minimum Gasteiger partial charge on any atom is -0.461 e. The number of primary amides is 1. The zero-order chi connectivity index (χ0) is 35.3.